The van der Waals surface area contributed by atoms with Crippen molar-refractivity contribution in [1.82, 2.24) is 5.32 Å². The minimum absolute atomic E-state index is 0.0156. The molecular weight excluding hydrogens is 326 g/mol. The van der Waals surface area contributed by atoms with Crippen molar-refractivity contribution in [3.05, 3.63) is 22.2 Å². The average molecular weight is 346 g/mol. The molecule has 0 fully saturated rings. The molecule has 1 aromatic rings. The van der Waals surface area contributed by atoms with Crippen LogP contribution in [0.4, 0.5) is 0 Å². The number of aliphatic hydroxyl groups excluding tert-OH is 1. The number of halogens is 1. The van der Waals surface area contributed by atoms with Gasteiger partial charge in [-0.05, 0) is 40.9 Å². The first-order valence-electron chi connectivity index (χ1n) is 6.27. The van der Waals surface area contributed by atoms with E-state index in [4.69, 9.17) is 14.6 Å². The van der Waals surface area contributed by atoms with Crippen molar-refractivity contribution in [2.24, 2.45) is 5.92 Å². The van der Waals surface area contributed by atoms with Gasteiger partial charge in [0.25, 0.3) is 5.91 Å². The summed E-state index contributed by atoms with van der Waals surface area (Å²) in [5, 5.41) is 11.9. The molecule has 0 radical (unpaired) electrons. The molecule has 20 heavy (non-hydrogen) atoms. The van der Waals surface area contributed by atoms with Gasteiger partial charge in [0.15, 0.2) is 0 Å². The predicted molar refractivity (Wildman–Crippen MR) is 80.4 cm³/mol. The smallest absolute Gasteiger partial charge is 0.251 e. The number of hydrogen-bond acceptors (Lipinski definition) is 4. The van der Waals surface area contributed by atoms with Crippen LogP contribution in [-0.2, 0) is 0 Å². The van der Waals surface area contributed by atoms with E-state index >= 15 is 0 Å². The zero-order chi connectivity index (χ0) is 15.3. The van der Waals surface area contributed by atoms with Crippen LogP contribution >= 0.6 is 15.9 Å². The minimum Gasteiger partial charge on any atom is -0.495 e. The van der Waals surface area contributed by atoms with Crippen LogP contribution in [0.1, 0.15) is 24.2 Å². The second-order valence-corrected chi connectivity index (χ2v) is 5.41. The van der Waals surface area contributed by atoms with Crippen LogP contribution in [0, 0.1) is 5.92 Å². The maximum absolute atomic E-state index is 12.2. The number of benzene rings is 1. The third kappa shape index (κ3) is 3.86. The van der Waals surface area contributed by atoms with Crippen LogP contribution in [0.5, 0.6) is 11.5 Å². The highest BCUT2D eigenvalue weighted by Crippen LogP contribution is 2.35. The first kappa shape index (κ1) is 16.8. The van der Waals surface area contributed by atoms with Gasteiger partial charge < -0.3 is 19.9 Å². The molecule has 1 amide bonds. The Balaban J connectivity index is 2.98. The molecule has 2 atom stereocenters. The molecule has 2 unspecified atom stereocenters. The van der Waals surface area contributed by atoms with Gasteiger partial charge in [-0.25, -0.2) is 0 Å². The first-order chi connectivity index (χ1) is 9.44. The zero-order valence-corrected chi connectivity index (χ0v) is 13.7. The summed E-state index contributed by atoms with van der Waals surface area (Å²) in [6, 6.07) is 3.14. The molecule has 0 heterocycles. The van der Waals surface area contributed by atoms with E-state index in [9.17, 15) is 4.79 Å². The Morgan fingerprint density at radius 3 is 2.20 bits per heavy atom. The Hall–Kier alpha value is -1.27. The molecule has 5 nitrogen and oxygen atoms in total. The van der Waals surface area contributed by atoms with Crippen LogP contribution < -0.4 is 14.8 Å². The number of carbonyl (C=O) groups is 1. The van der Waals surface area contributed by atoms with Crippen molar-refractivity contribution in [3.63, 3.8) is 0 Å². The van der Waals surface area contributed by atoms with Gasteiger partial charge in [-0.15, -0.1) is 0 Å². The number of hydrogen-bond donors (Lipinski definition) is 2. The summed E-state index contributed by atoms with van der Waals surface area (Å²) in [5.41, 5.74) is 0.443. The quantitative estimate of drug-likeness (QED) is 0.829. The number of methoxy groups -OCH3 is 2. The Kier molecular flexibility index (Phi) is 6.29. The summed E-state index contributed by atoms with van der Waals surface area (Å²) in [7, 11) is 3.05. The molecule has 6 heteroatoms. The highest BCUT2D eigenvalue weighted by molar-refractivity contribution is 9.10. The van der Waals surface area contributed by atoms with Gasteiger partial charge in [0.1, 0.15) is 16.0 Å². The maximum atomic E-state index is 12.2. The van der Waals surface area contributed by atoms with Gasteiger partial charge in [-0.2, -0.15) is 0 Å². The number of amides is 1. The molecule has 0 aliphatic heterocycles. The molecule has 0 spiro atoms. The standard InChI is InChI=1S/C14H20BrNO4/c1-8(7-17)9(2)16-14(18)10-5-11(19-3)13(15)12(6-10)20-4/h5-6,8-9,17H,7H2,1-4H3,(H,16,18). The van der Waals surface area contributed by atoms with E-state index in [0.29, 0.717) is 21.5 Å². The van der Waals surface area contributed by atoms with Crippen LogP contribution in [-0.4, -0.2) is 37.9 Å². The molecule has 112 valence electrons. The van der Waals surface area contributed by atoms with Crippen molar-refractivity contribution in [2.75, 3.05) is 20.8 Å². The summed E-state index contributed by atoms with van der Waals surface area (Å²) in [5.74, 6) is 0.801. The fourth-order valence-corrected chi connectivity index (χ4v) is 2.14. The summed E-state index contributed by atoms with van der Waals surface area (Å²) in [6.07, 6.45) is 0. The Labute approximate surface area is 127 Å². The van der Waals surface area contributed by atoms with Gasteiger partial charge >= 0.3 is 0 Å². The largest absolute Gasteiger partial charge is 0.495 e. The van der Waals surface area contributed by atoms with E-state index in [2.05, 4.69) is 21.2 Å². The second kappa shape index (κ2) is 7.50. The summed E-state index contributed by atoms with van der Waals surface area (Å²) < 4.78 is 11.1. The molecule has 0 aromatic heterocycles. The Morgan fingerprint density at radius 2 is 1.80 bits per heavy atom. The first-order valence-corrected chi connectivity index (χ1v) is 7.07. The van der Waals surface area contributed by atoms with Crippen LogP contribution in [0.3, 0.4) is 0 Å². The van der Waals surface area contributed by atoms with Crippen molar-refractivity contribution < 1.29 is 19.4 Å². The molecule has 1 aromatic carbocycles. The van der Waals surface area contributed by atoms with E-state index in [-0.39, 0.29) is 24.5 Å². The SMILES string of the molecule is COc1cc(C(=O)NC(C)C(C)CO)cc(OC)c1Br. The molecule has 0 saturated heterocycles. The van der Waals surface area contributed by atoms with Crippen molar-refractivity contribution in [3.8, 4) is 11.5 Å². The van der Waals surface area contributed by atoms with Crippen molar-refractivity contribution >= 4 is 21.8 Å². The van der Waals surface area contributed by atoms with Crippen LogP contribution in [0.15, 0.2) is 16.6 Å². The third-order valence-electron chi connectivity index (χ3n) is 3.21. The second-order valence-electron chi connectivity index (χ2n) is 4.62. The van der Waals surface area contributed by atoms with E-state index in [1.54, 1.807) is 12.1 Å². The lowest BCUT2D eigenvalue weighted by Gasteiger charge is -2.20. The third-order valence-corrected chi connectivity index (χ3v) is 3.99. The lowest BCUT2D eigenvalue weighted by molar-refractivity contribution is 0.0915. The van der Waals surface area contributed by atoms with Crippen LogP contribution in [0.2, 0.25) is 0 Å². The van der Waals surface area contributed by atoms with Gasteiger partial charge in [-0.3, -0.25) is 4.79 Å². The number of nitrogens with one attached hydrogen (secondary N) is 1. The van der Waals surface area contributed by atoms with Gasteiger partial charge in [-0.1, -0.05) is 6.92 Å². The van der Waals surface area contributed by atoms with E-state index in [1.807, 2.05) is 13.8 Å². The number of rotatable bonds is 6. The molecule has 0 saturated carbocycles. The van der Waals surface area contributed by atoms with Crippen LogP contribution in [0.25, 0.3) is 0 Å². The van der Waals surface area contributed by atoms with Crippen molar-refractivity contribution in [2.45, 2.75) is 19.9 Å². The minimum atomic E-state index is -0.234. The van der Waals surface area contributed by atoms with E-state index in [0.717, 1.165) is 0 Å². The normalized spacial score (nSPS) is 13.5. The fourth-order valence-electron chi connectivity index (χ4n) is 1.59. The predicted octanol–water partition coefficient (Wildman–Crippen LogP) is 2.21. The van der Waals surface area contributed by atoms with Crippen molar-refractivity contribution in [1.29, 1.82) is 0 Å². The lowest BCUT2D eigenvalue weighted by atomic mass is 10.0. The molecule has 0 bridgehead atoms. The number of ether oxygens (including phenoxy) is 2. The average Bonchev–Trinajstić information content (AvgIpc) is 2.46. The molecule has 1 rings (SSSR count). The molecular formula is C14H20BrNO4. The summed E-state index contributed by atoms with van der Waals surface area (Å²) >= 11 is 3.36. The number of aliphatic hydroxyl groups is 1. The topological polar surface area (TPSA) is 67.8 Å². The summed E-state index contributed by atoms with van der Waals surface area (Å²) in [6.45, 7) is 3.74. The van der Waals surface area contributed by atoms with Gasteiger partial charge in [0.05, 0.1) is 14.2 Å². The lowest BCUT2D eigenvalue weighted by Crippen LogP contribution is -2.38. The maximum Gasteiger partial charge on any atom is 0.251 e. The highest BCUT2D eigenvalue weighted by atomic mass is 79.9. The van der Waals surface area contributed by atoms with E-state index < -0.39 is 0 Å². The number of carbonyl (C=O) groups excluding carboxylic acids is 1. The monoisotopic (exact) mass is 345 g/mol. The van der Waals surface area contributed by atoms with Gasteiger partial charge in [0, 0.05) is 18.2 Å². The Bertz CT molecular complexity index is 453. The summed E-state index contributed by atoms with van der Waals surface area (Å²) in [4.78, 5) is 12.2. The molecule has 0 aliphatic rings. The van der Waals surface area contributed by atoms with E-state index in [1.165, 1.54) is 14.2 Å². The molecule has 0 aliphatic carbocycles. The zero-order valence-electron chi connectivity index (χ0n) is 12.1. The highest BCUT2D eigenvalue weighted by Gasteiger charge is 2.18. The van der Waals surface area contributed by atoms with Gasteiger partial charge in [0.2, 0.25) is 0 Å². The molecule has 2 N–H and O–H groups in total. The Morgan fingerprint density at radius 1 is 1.30 bits per heavy atom. The fraction of sp³-hybridized carbons (Fsp3) is 0.500.